The first-order valence-corrected chi connectivity index (χ1v) is 9.26. The van der Waals surface area contributed by atoms with Gasteiger partial charge in [-0.25, -0.2) is 8.42 Å². The molecule has 6 nitrogen and oxygen atoms in total. The van der Waals surface area contributed by atoms with Crippen LogP contribution in [0.15, 0.2) is 30.3 Å². The van der Waals surface area contributed by atoms with E-state index in [-0.39, 0.29) is 24.1 Å². The van der Waals surface area contributed by atoms with Gasteiger partial charge in [0.2, 0.25) is 0 Å². The van der Waals surface area contributed by atoms with Crippen LogP contribution in [0.1, 0.15) is 6.42 Å². The number of nitrogens with zero attached hydrogens (tertiary/aromatic N) is 1. The molecule has 2 rings (SSSR count). The number of hydrogen-bond acceptors (Lipinski definition) is 5. The third kappa shape index (κ3) is 4.64. The van der Waals surface area contributed by atoms with Gasteiger partial charge in [-0.1, -0.05) is 18.2 Å². The molecule has 1 heterocycles. The SMILES string of the molecule is O=S1(=O)CC[C@H](N(C[C@@H](O)CO)C(=S)Nc2ccccc2)C1. The molecule has 1 aliphatic rings. The molecule has 3 N–H and O–H groups in total. The largest absolute Gasteiger partial charge is 0.394 e. The van der Waals surface area contributed by atoms with Crippen molar-refractivity contribution in [2.24, 2.45) is 0 Å². The topological polar surface area (TPSA) is 89.9 Å². The van der Waals surface area contributed by atoms with Gasteiger partial charge in [0.1, 0.15) is 0 Å². The number of thiocarbonyl (C=S) groups is 1. The molecule has 1 fully saturated rings. The van der Waals surface area contributed by atoms with E-state index in [1.54, 1.807) is 4.90 Å². The molecule has 0 aliphatic carbocycles. The van der Waals surface area contributed by atoms with Crippen molar-refractivity contribution in [1.29, 1.82) is 0 Å². The summed E-state index contributed by atoms with van der Waals surface area (Å²) in [4.78, 5) is 1.66. The zero-order chi connectivity index (χ0) is 16.2. The first kappa shape index (κ1) is 17.1. The molecule has 1 aliphatic heterocycles. The number of aliphatic hydroxyl groups is 2. The minimum absolute atomic E-state index is 0.0156. The predicted molar refractivity (Wildman–Crippen MR) is 89.5 cm³/mol. The van der Waals surface area contributed by atoms with E-state index in [9.17, 15) is 13.5 Å². The average Bonchev–Trinajstić information content (AvgIpc) is 2.85. The summed E-state index contributed by atoms with van der Waals surface area (Å²) >= 11 is 5.36. The van der Waals surface area contributed by atoms with E-state index in [0.717, 1.165) is 5.69 Å². The lowest BCUT2D eigenvalue weighted by Crippen LogP contribution is -2.47. The van der Waals surface area contributed by atoms with Gasteiger partial charge in [-0.15, -0.1) is 0 Å². The van der Waals surface area contributed by atoms with Crippen LogP contribution in [0, 0.1) is 0 Å². The molecule has 0 bridgehead atoms. The van der Waals surface area contributed by atoms with Gasteiger partial charge in [-0.2, -0.15) is 0 Å². The van der Waals surface area contributed by atoms with Crippen molar-refractivity contribution in [1.82, 2.24) is 4.90 Å². The van der Waals surface area contributed by atoms with Crippen molar-refractivity contribution in [2.45, 2.75) is 18.6 Å². The zero-order valence-corrected chi connectivity index (χ0v) is 13.7. The fourth-order valence-corrected chi connectivity index (χ4v) is 4.49. The van der Waals surface area contributed by atoms with E-state index >= 15 is 0 Å². The van der Waals surface area contributed by atoms with Crippen LogP contribution >= 0.6 is 12.2 Å². The predicted octanol–water partition coefficient (Wildman–Crippen LogP) is 0.226. The summed E-state index contributed by atoms with van der Waals surface area (Å²) in [7, 11) is -3.06. The lowest BCUT2D eigenvalue weighted by Gasteiger charge is -2.32. The fraction of sp³-hybridized carbons (Fsp3) is 0.500. The number of sulfone groups is 1. The normalized spacial score (nSPS) is 21.3. The Kier molecular flexibility index (Phi) is 5.74. The second-order valence-electron chi connectivity index (χ2n) is 5.34. The average molecular weight is 344 g/mol. The van der Waals surface area contributed by atoms with Crippen LogP contribution in [0.2, 0.25) is 0 Å². The Hall–Kier alpha value is -1.22. The Morgan fingerprint density at radius 2 is 2.09 bits per heavy atom. The van der Waals surface area contributed by atoms with E-state index in [1.165, 1.54) is 0 Å². The summed E-state index contributed by atoms with van der Waals surface area (Å²) in [6.07, 6.45) is -0.504. The van der Waals surface area contributed by atoms with E-state index < -0.39 is 22.5 Å². The maximum absolute atomic E-state index is 11.7. The quantitative estimate of drug-likeness (QED) is 0.659. The molecule has 2 atom stereocenters. The molecule has 0 spiro atoms. The summed E-state index contributed by atoms with van der Waals surface area (Å²) in [5.74, 6) is 0.138. The molecule has 0 amide bonds. The van der Waals surface area contributed by atoms with Gasteiger partial charge in [0.05, 0.1) is 24.2 Å². The molecule has 8 heteroatoms. The fourth-order valence-electron chi connectivity index (χ4n) is 2.42. The number of anilines is 1. The van der Waals surface area contributed by atoms with Gasteiger partial charge in [0, 0.05) is 18.3 Å². The molecular formula is C14H20N2O4S2. The Morgan fingerprint density at radius 1 is 1.41 bits per heavy atom. The van der Waals surface area contributed by atoms with Gasteiger partial charge in [-0.3, -0.25) is 0 Å². The summed E-state index contributed by atoms with van der Waals surface area (Å²) < 4.78 is 23.4. The van der Waals surface area contributed by atoms with Crippen molar-refractivity contribution >= 4 is 32.9 Å². The van der Waals surface area contributed by atoms with E-state index in [0.29, 0.717) is 11.5 Å². The standard InChI is InChI=1S/C14H20N2O4S2/c17-9-13(18)8-16(12-6-7-22(19,20)10-12)14(21)15-11-4-2-1-3-5-11/h1-5,12-13,17-18H,6-10H2,(H,15,21)/t12-,13+/m0/s1. The van der Waals surface area contributed by atoms with Crippen LogP contribution in [-0.4, -0.2) is 65.4 Å². The van der Waals surface area contributed by atoms with Crippen LogP contribution < -0.4 is 5.32 Å². The molecule has 0 aromatic heterocycles. The van der Waals surface area contributed by atoms with Crippen molar-refractivity contribution < 1.29 is 18.6 Å². The maximum Gasteiger partial charge on any atom is 0.173 e. The molecular weight excluding hydrogens is 324 g/mol. The Bertz CT molecular complexity index is 607. The molecule has 22 heavy (non-hydrogen) atoms. The number of aliphatic hydroxyl groups excluding tert-OH is 2. The number of benzene rings is 1. The second-order valence-corrected chi connectivity index (χ2v) is 7.96. The highest BCUT2D eigenvalue weighted by molar-refractivity contribution is 7.91. The smallest absolute Gasteiger partial charge is 0.173 e. The Morgan fingerprint density at radius 3 is 2.64 bits per heavy atom. The van der Waals surface area contributed by atoms with Crippen molar-refractivity contribution in [3.05, 3.63) is 30.3 Å². The number of nitrogens with one attached hydrogen (secondary N) is 1. The number of hydrogen-bond donors (Lipinski definition) is 3. The summed E-state index contributed by atoms with van der Waals surface area (Å²) in [6, 6.07) is 9.01. The first-order valence-electron chi connectivity index (χ1n) is 7.03. The van der Waals surface area contributed by atoms with Crippen LogP contribution in [0.5, 0.6) is 0 Å². The monoisotopic (exact) mass is 344 g/mol. The van der Waals surface area contributed by atoms with E-state index in [1.807, 2.05) is 30.3 Å². The summed E-state index contributed by atoms with van der Waals surface area (Å²) in [5.41, 5.74) is 0.789. The van der Waals surface area contributed by atoms with Gasteiger partial charge >= 0.3 is 0 Å². The molecule has 0 saturated carbocycles. The highest BCUT2D eigenvalue weighted by atomic mass is 32.2. The number of rotatable bonds is 5. The van der Waals surface area contributed by atoms with Gasteiger partial charge in [0.15, 0.2) is 14.9 Å². The zero-order valence-electron chi connectivity index (χ0n) is 12.1. The number of para-hydroxylation sites is 1. The second kappa shape index (κ2) is 7.36. The molecule has 1 saturated heterocycles. The minimum Gasteiger partial charge on any atom is -0.394 e. The lowest BCUT2D eigenvalue weighted by molar-refractivity contribution is 0.0705. The van der Waals surface area contributed by atoms with Crippen LogP contribution in [0.3, 0.4) is 0 Å². The summed E-state index contributed by atoms with van der Waals surface area (Å²) in [6.45, 7) is -0.306. The Labute approximate surface area is 135 Å². The molecule has 0 radical (unpaired) electrons. The molecule has 0 unspecified atom stereocenters. The molecule has 1 aromatic carbocycles. The molecule has 122 valence electrons. The first-order chi connectivity index (χ1) is 10.4. The van der Waals surface area contributed by atoms with Gasteiger partial charge in [0.25, 0.3) is 0 Å². The van der Waals surface area contributed by atoms with E-state index in [4.69, 9.17) is 17.3 Å². The van der Waals surface area contributed by atoms with Crippen LogP contribution in [-0.2, 0) is 9.84 Å². The van der Waals surface area contributed by atoms with Gasteiger partial charge in [-0.05, 0) is 30.8 Å². The summed E-state index contributed by atoms with van der Waals surface area (Å²) in [5, 5.41) is 22.1. The maximum atomic E-state index is 11.7. The van der Waals surface area contributed by atoms with E-state index in [2.05, 4.69) is 5.32 Å². The van der Waals surface area contributed by atoms with Crippen molar-refractivity contribution in [3.63, 3.8) is 0 Å². The van der Waals surface area contributed by atoms with Crippen molar-refractivity contribution in [2.75, 3.05) is 30.0 Å². The van der Waals surface area contributed by atoms with Crippen LogP contribution in [0.25, 0.3) is 0 Å². The third-order valence-corrected chi connectivity index (χ3v) is 5.64. The lowest BCUT2D eigenvalue weighted by atomic mass is 10.2. The minimum atomic E-state index is -3.06. The highest BCUT2D eigenvalue weighted by Gasteiger charge is 2.34. The molecule has 1 aromatic rings. The third-order valence-electron chi connectivity index (χ3n) is 3.55. The van der Waals surface area contributed by atoms with Crippen LogP contribution in [0.4, 0.5) is 5.69 Å². The van der Waals surface area contributed by atoms with Crippen molar-refractivity contribution in [3.8, 4) is 0 Å². The van der Waals surface area contributed by atoms with Gasteiger partial charge < -0.3 is 20.4 Å². The highest BCUT2D eigenvalue weighted by Crippen LogP contribution is 2.19. The Balaban J connectivity index is 2.11.